The summed E-state index contributed by atoms with van der Waals surface area (Å²) in [6.45, 7) is 0. The Hall–Kier alpha value is -3.67. The van der Waals surface area contributed by atoms with Gasteiger partial charge in [0, 0.05) is 11.8 Å². The van der Waals surface area contributed by atoms with Crippen LogP contribution < -0.4 is 15.4 Å². The standard InChI is InChI=1S/C22H18N4O5S2/c23-33(29,30)18-10-8-15(9-11-18)24-20(27)14-32-22-25-19(13-17-7-4-12-31-17)21(28)26(22)16-5-2-1-3-6-16/h1-13H,14H2,(H,24,27)(H2,23,29,30)/b19-13+. The largest absolute Gasteiger partial charge is 0.465 e. The number of sulfonamides is 1. The van der Waals surface area contributed by atoms with Gasteiger partial charge in [-0.1, -0.05) is 30.0 Å². The molecule has 0 spiro atoms. The maximum atomic E-state index is 13.0. The van der Waals surface area contributed by atoms with E-state index in [0.29, 0.717) is 22.3 Å². The fourth-order valence-electron chi connectivity index (χ4n) is 2.96. The van der Waals surface area contributed by atoms with E-state index in [4.69, 9.17) is 9.56 Å². The lowest BCUT2D eigenvalue weighted by Crippen LogP contribution is -2.31. The molecule has 9 nitrogen and oxygen atoms in total. The van der Waals surface area contributed by atoms with Crippen molar-refractivity contribution in [3.8, 4) is 0 Å². The molecule has 33 heavy (non-hydrogen) atoms. The number of anilines is 2. The number of amides is 2. The molecule has 0 fully saturated rings. The highest BCUT2D eigenvalue weighted by atomic mass is 32.2. The van der Waals surface area contributed by atoms with Gasteiger partial charge in [0.05, 0.1) is 22.6 Å². The molecule has 1 aromatic heterocycles. The number of nitrogens with zero attached hydrogens (tertiary/aromatic N) is 2. The first-order valence-electron chi connectivity index (χ1n) is 9.60. The molecule has 0 radical (unpaired) electrons. The van der Waals surface area contributed by atoms with Crippen molar-refractivity contribution < 1.29 is 22.4 Å². The van der Waals surface area contributed by atoms with E-state index in [1.807, 2.05) is 6.07 Å². The summed E-state index contributed by atoms with van der Waals surface area (Å²) in [6.07, 6.45) is 3.04. The van der Waals surface area contributed by atoms with Crippen LogP contribution in [0.15, 0.2) is 93.0 Å². The molecule has 4 rings (SSSR count). The van der Waals surface area contributed by atoms with E-state index in [2.05, 4.69) is 10.3 Å². The summed E-state index contributed by atoms with van der Waals surface area (Å²) >= 11 is 1.10. The molecule has 0 saturated carbocycles. The van der Waals surface area contributed by atoms with Crippen molar-refractivity contribution in [1.29, 1.82) is 0 Å². The lowest BCUT2D eigenvalue weighted by molar-refractivity contribution is -0.114. The smallest absolute Gasteiger partial charge is 0.283 e. The Morgan fingerprint density at radius 1 is 1.09 bits per heavy atom. The van der Waals surface area contributed by atoms with Gasteiger partial charge in [0.2, 0.25) is 15.9 Å². The minimum atomic E-state index is -3.81. The Labute approximate surface area is 194 Å². The highest BCUT2D eigenvalue weighted by Crippen LogP contribution is 2.29. The molecule has 2 aromatic carbocycles. The van der Waals surface area contributed by atoms with Gasteiger partial charge in [-0.2, -0.15) is 0 Å². The van der Waals surface area contributed by atoms with Crippen LogP contribution in [0.4, 0.5) is 11.4 Å². The summed E-state index contributed by atoms with van der Waals surface area (Å²) < 4.78 is 28.0. The lowest BCUT2D eigenvalue weighted by Gasteiger charge is -2.17. The number of primary sulfonamides is 1. The zero-order chi connectivity index (χ0) is 23.4. The van der Waals surface area contributed by atoms with E-state index in [-0.39, 0.29) is 28.2 Å². The number of para-hydroxylation sites is 1. The van der Waals surface area contributed by atoms with Crippen LogP contribution in [0.25, 0.3) is 6.08 Å². The first-order valence-corrected chi connectivity index (χ1v) is 12.1. The second kappa shape index (κ2) is 9.45. The van der Waals surface area contributed by atoms with Crippen LogP contribution in [0.2, 0.25) is 0 Å². The van der Waals surface area contributed by atoms with Gasteiger partial charge in [-0.3, -0.25) is 14.5 Å². The summed E-state index contributed by atoms with van der Waals surface area (Å²) in [5, 5.41) is 8.10. The third kappa shape index (κ3) is 5.40. The van der Waals surface area contributed by atoms with E-state index in [1.165, 1.54) is 35.4 Å². The first kappa shape index (κ1) is 22.5. The molecule has 3 aromatic rings. The van der Waals surface area contributed by atoms with Gasteiger partial charge in [0.25, 0.3) is 5.91 Å². The minimum Gasteiger partial charge on any atom is -0.465 e. The molecule has 1 aliphatic rings. The average molecular weight is 483 g/mol. The highest BCUT2D eigenvalue weighted by molar-refractivity contribution is 8.14. The van der Waals surface area contributed by atoms with Gasteiger partial charge >= 0.3 is 0 Å². The number of thioether (sulfide) groups is 1. The number of hydrogen-bond donors (Lipinski definition) is 2. The Kier molecular flexibility index (Phi) is 6.45. The van der Waals surface area contributed by atoms with Crippen LogP contribution in [0.5, 0.6) is 0 Å². The molecule has 11 heteroatoms. The quantitative estimate of drug-likeness (QED) is 0.519. The van der Waals surface area contributed by atoms with E-state index in [1.54, 1.807) is 42.5 Å². The molecule has 168 valence electrons. The normalized spacial score (nSPS) is 15.1. The van der Waals surface area contributed by atoms with E-state index in [9.17, 15) is 18.0 Å². The number of carbonyl (C=O) groups excluding carboxylic acids is 2. The third-order valence-electron chi connectivity index (χ3n) is 4.47. The predicted molar refractivity (Wildman–Crippen MR) is 127 cm³/mol. The molecule has 2 heterocycles. The number of carbonyl (C=O) groups is 2. The number of rotatable bonds is 6. The Morgan fingerprint density at radius 3 is 2.45 bits per heavy atom. The number of nitrogens with two attached hydrogens (primary N) is 1. The molecule has 0 aliphatic carbocycles. The molecule has 2 amide bonds. The van der Waals surface area contributed by atoms with Gasteiger partial charge < -0.3 is 9.73 Å². The average Bonchev–Trinajstić information content (AvgIpc) is 3.41. The number of benzene rings is 2. The zero-order valence-electron chi connectivity index (χ0n) is 17.0. The molecule has 3 N–H and O–H groups in total. The summed E-state index contributed by atoms with van der Waals surface area (Å²) in [5.41, 5.74) is 1.22. The van der Waals surface area contributed by atoms with Crippen LogP contribution in [0, 0.1) is 0 Å². The van der Waals surface area contributed by atoms with Gasteiger partial charge in [-0.05, 0) is 48.5 Å². The van der Waals surface area contributed by atoms with Crippen LogP contribution in [0.3, 0.4) is 0 Å². The lowest BCUT2D eigenvalue weighted by atomic mass is 10.2. The fourth-order valence-corrected chi connectivity index (χ4v) is 4.29. The van der Waals surface area contributed by atoms with Crippen LogP contribution >= 0.6 is 11.8 Å². The van der Waals surface area contributed by atoms with Crippen LogP contribution in [0.1, 0.15) is 5.76 Å². The van der Waals surface area contributed by atoms with Crippen molar-refractivity contribution in [1.82, 2.24) is 0 Å². The summed E-state index contributed by atoms with van der Waals surface area (Å²) in [7, 11) is -3.81. The molecular formula is C22H18N4O5S2. The second-order valence-electron chi connectivity index (χ2n) is 6.82. The monoisotopic (exact) mass is 482 g/mol. The van der Waals surface area contributed by atoms with Crippen LogP contribution in [-0.2, 0) is 19.6 Å². The molecule has 1 aliphatic heterocycles. The maximum Gasteiger partial charge on any atom is 0.283 e. The Morgan fingerprint density at radius 2 is 1.82 bits per heavy atom. The predicted octanol–water partition coefficient (Wildman–Crippen LogP) is 3.04. The molecule has 0 saturated heterocycles. The summed E-state index contributed by atoms with van der Waals surface area (Å²) in [6, 6.07) is 17.9. The Bertz CT molecular complexity index is 1330. The summed E-state index contributed by atoms with van der Waals surface area (Å²) in [5.74, 6) is -0.225. The second-order valence-corrected chi connectivity index (χ2v) is 9.33. The molecular weight excluding hydrogens is 464 g/mol. The van der Waals surface area contributed by atoms with Crippen molar-refractivity contribution in [3.63, 3.8) is 0 Å². The van der Waals surface area contributed by atoms with Crippen molar-refractivity contribution in [2.45, 2.75) is 4.90 Å². The van der Waals surface area contributed by atoms with Crippen LogP contribution in [-0.4, -0.2) is 31.2 Å². The Balaban J connectivity index is 1.49. The van der Waals surface area contributed by atoms with Gasteiger partial charge in [0.1, 0.15) is 11.5 Å². The highest BCUT2D eigenvalue weighted by Gasteiger charge is 2.32. The van der Waals surface area contributed by atoms with E-state index in [0.717, 1.165) is 11.8 Å². The van der Waals surface area contributed by atoms with Crippen molar-refractivity contribution in [2.24, 2.45) is 10.1 Å². The number of aliphatic imine (C=N–C) groups is 1. The SMILES string of the molecule is NS(=O)(=O)c1ccc(NC(=O)CSC2=N/C(=C/c3ccco3)C(=O)N2c2ccccc2)cc1. The minimum absolute atomic E-state index is 0.0274. The van der Waals surface area contributed by atoms with Crippen molar-refractivity contribution in [3.05, 3.63) is 84.5 Å². The topological polar surface area (TPSA) is 135 Å². The van der Waals surface area contributed by atoms with Gasteiger partial charge in [-0.25, -0.2) is 18.5 Å². The molecule has 0 unspecified atom stereocenters. The number of hydrogen-bond acceptors (Lipinski definition) is 7. The zero-order valence-corrected chi connectivity index (χ0v) is 18.7. The number of nitrogens with one attached hydrogen (secondary N) is 1. The maximum absolute atomic E-state index is 13.0. The summed E-state index contributed by atoms with van der Waals surface area (Å²) in [4.78, 5) is 31.3. The fraction of sp³-hybridized carbons (Fsp3) is 0.0455. The van der Waals surface area contributed by atoms with Gasteiger partial charge in [0.15, 0.2) is 5.17 Å². The number of furan rings is 1. The van der Waals surface area contributed by atoms with Crippen molar-refractivity contribution in [2.75, 3.05) is 16.0 Å². The number of amidine groups is 1. The van der Waals surface area contributed by atoms with Gasteiger partial charge in [-0.15, -0.1) is 0 Å². The van der Waals surface area contributed by atoms with Crippen molar-refractivity contribution >= 4 is 56.2 Å². The van der Waals surface area contributed by atoms with E-state index < -0.39 is 10.0 Å². The third-order valence-corrected chi connectivity index (χ3v) is 6.33. The molecule has 0 bridgehead atoms. The first-order chi connectivity index (χ1) is 15.8. The van der Waals surface area contributed by atoms with E-state index >= 15 is 0 Å². The molecule has 0 atom stereocenters.